The normalized spacial score (nSPS) is 15.9. The largest absolute Gasteiger partial charge is 0.449 e. The third-order valence-electron chi connectivity index (χ3n) is 6.99. The number of nitrogens with one attached hydrogen (secondary N) is 2. The van der Waals surface area contributed by atoms with Crippen LogP contribution in [-0.2, 0) is 14.3 Å². The van der Waals surface area contributed by atoms with Gasteiger partial charge in [0.25, 0.3) is 0 Å². The van der Waals surface area contributed by atoms with Gasteiger partial charge in [0.2, 0.25) is 5.91 Å². The van der Waals surface area contributed by atoms with E-state index < -0.39 is 12.1 Å². The lowest BCUT2D eigenvalue weighted by Gasteiger charge is -2.31. The highest BCUT2D eigenvalue weighted by molar-refractivity contribution is 5.85. The van der Waals surface area contributed by atoms with Crippen LogP contribution in [0.25, 0.3) is 11.1 Å². The molecule has 0 aliphatic heterocycles. The van der Waals surface area contributed by atoms with Gasteiger partial charge in [0.15, 0.2) is 0 Å². The number of ether oxygens (including phenoxy) is 1. The van der Waals surface area contributed by atoms with E-state index in [1.54, 1.807) is 6.92 Å². The topological polar surface area (TPSA) is 84.5 Å². The molecule has 2 amide bonds. The summed E-state index contributed by atoms with van der Waals surface area (Å²) in [5.74, 6) is 0.130. The highest BCUT2D eigenvalue weighted by atomic mass is 16.5. The number of carbonyl (C=O) groups excluding carboxylic acids is 3. The Hall–Kier alpha value is -3.15. The molecule has 2 aromatic carbocycles. The third kappa shape index (κ3) is 5.85. The van der Waals surface area contributed by atoms with Crippen LogP contribution in [0.1, 0.15) is 64.0 Å². The molecule has 2 N–H and O–H groups in total. The van der Waals surface area contributed by atoms with Crippen molar-refractivity contribution >= 4 is 18.3 Å². The predicted octanol–water partition coefficient (Wildman–Crippen LogP) is 5.06. The Balaban J connectivity index is 1.57. The fraction of sp³-hybridized carbons (Fsp3) is 0.464. The molecule has 0 heterocycles. The van der Waals surface area contributed by atoms with Crippen molar-refractivity contribution in [2.45, 2.75) is 65.0 Å². The lowest BCUT2D eigenvalue weighted by atomic mass is 9.86. The van der Waals surface area contributed by atoms with E-state index in [4.69, 9.17) is 4.74 Å². The minimum absolute atomic E-state index is 0.0317. The minimum atomic E-state index is -0.736. The van der Waals surface area contributed by atoms with Crippen molar-refractivity contribution in [2.75, 3.05) is 6.61 Å². The smallest absolute Gasteiger partial charge is 0.407 e. The van der Waals surface area contributed by atoms with Gasteiger partial charge in [-0.2, -0.15) is 0 Å². The van der Waals surface area contributed by atoms with Crippen LogP contribution in [0.3, 0.4) is 0 Å². The number of rotatable bonds is 11. The Labute approximate surface area is 202 Å². The van der Waals surface area contributed by atoms with Gasteiger partial charge >= 0.3 is 6.09 Å². The molecule has 0 fully saturated rings. The average Bonchev–Trinajstić information content (AvgIpc) is 3.17. The molecule has 0 spiro atoms. The lowest BCUT2D eigenvalue weighted by Crippen LogP contribution is -2.51. The van der Waals surface area contributed by atoms with E-state index in [9.17, 15) is 14.4 Å². The predicted molar refractivity (Wildman–Crippen MR) is 134 cm³/mol. The van der Waals surface area contributed by atoms with Crippen molar-refractivity contribution in [2.24, 2.45) is 11.8 Å². The molecular weight excluding hydrogens is 428 g/mol. The van der Waals surface area contributed by atoms with Crippen molar-refractivity contribution in [1.82, 2.24) is 10.6 Å². The second kappa shape index (κ2) is 11.8. The van der Waals surface area contributed by atoms with Crippen LogP contribution in [0.2, 0.25) is 0 Å². The average molecular weight is 465 g/mol. The number of amides is 2. The van der Waals surface area contributed by atoms with Gasteiger partial charge in [0.05, 0.1) is 0 Å². The number of carbonyl (C=O) groups is 3. The van der Waals surface area contributed by atoms with Crippen molar-refractivity contribution in [1.29, 1.82) is 0 Å². The summed E-state index contributed by atoms with van der Waals surface area (Å²) >= 11 is 0. The summed E-state index contributed by atoms with van der Waals surface area (Å²) in [7, 11) is 0. The molecule has 6 nitrogen and oxygen atoms in total. The summed E-state index contributed by atoms with van der Waals surface area (Å²) in [6.07, 6.45) is 2.39. The van der Waals surface area contributed by atoms with Crippen LogP contribution in [0.15, 0.2) is 48.5 Å². The maximum absolute atomic E-state index is 12.8. The number of benzene rings is 2. The van der Waals surface area contributed by atoms with Crippen LogP contribution in [0, 0.1) is 11.8 Å². The number of hydrogen-bond acceptors (Lipinski definition) is 4. The van der Waals surface area contributed by atoms with Gasteiger partial charge < -0.3 is 20.2 Å². The van der Waals surface area contributed by atoms with E-state index >= 15 is 0 Å². The van der Waals surface area contributed by atoms with Crippen LogP contribution < -0.4 is 10.6 Å². The molecule has 2 aromatic rings. The molecule has 0 unspecified atom stereocenters. The number of hydrogen-bond donors (Lipinski definition) is 2. The standard InChI is InChI=1S/C28H36N2O4/c1-5-18(2)26(19(3)11-10-16-31)30-27(32)20(4)29-28(33)34-17-25-23-14-8-6-12-21(23)22-13-7-9-15-24(22)25/h6-9,12-16,18-20,25-26H,5,10-11,17H2,1-4H3,(H,29,33)(H,30,32)/t18-,19-,20+,26+/m0/s1. The van der Waals surface area contributed by atoms with E-state index in [0.717, 1.165) is 23.8 Å². The highest BCUT2D eigenvalue weighted by Gasteiger charge is 2.30. The quantitative estimate of drug-likeness (QED) is 0.455. The molecule has 6 heteroatoms. The van der Waals surface area contributed by atoms with Gasteiger partial charge in [-0.15, -0.1) is 0 Å². The molecule has 4 atom stereocenters. The molecule has 0 saturated heterocycles. The minimum Gasteiger partial charge on any atom is -0.449 e. The van der Waals surface area contributed by atoms with Crippen molar-refractivity contribution in [3.05, 3.63) is 59.7 Å². The second-order valence-corrected chi connectivity index (χ2v) is 9.33. The maximum Gasteiger partial charge on any atom is 0.407 e. The fourth-order valence-corrected chi connectivity index (χ4v) is 4.78. The second-order valence-electron chi connectivity index (χ2n) is 9.33. The monoisotopic (exact) mass is 464 g/mol. The zero-order valence-electron chi connectivity index (χ0n) is 20.5. The van der Waals surface area contributed by atoms with Crippen molar-refractivity contribution in [3.8, 4) is 11.1 Å². The summed E-state index contributed by atoms with van der Waals surface area (Å²) in [5, 5.41) is 5.75. The number of fused-ring (bicyclic) bond motifs is 3. The first-order chi connectivity index (χ1) is 16.4. The summed E-state index contributed by atoms with van der Waals surface area (Å²) < 4.78 is 5.57. The van der Waals surface area contributed by atoms with Gasteiger partial charge in [-0.05, 0) is 47.4 Å². The molecule has 0 aromatic heterocycles. The first kappa shape index (κ1) is 25.5. The van der Waals surface area contributed by atoms with Crippen LogP contribution >= 0.6 is 0 Å². The molecular formula is C28H36N2O4. The van der Waals surface area contributed by atoms with E-state index in [1.165, 1.54) is 11.1 Å². The zero-order chi connectivity index (χ0) is 24.7. The highest BCUT2D eigenvalue weighted by Crippen LogP contribution is 2.44. The molecule has 0 saturated carbocycles. The molecule has 34 heavy (non-hydrogen) atoms. The fourth-order valence-electron chi connectivity index (χ4n) is 4.78. The summed E-state index contributed by atoms with van der Waals surface area (Å²) in [6.45, 7) is 8.07. The first-order valence-electron chi connectivity index (χ1n) is 12.2. The molecule has 3 rings (SSSR count). The molecule has 0 bridgehead atoms. The molecule has 1 aliphatic rings. The Bertz CT molecular complexity index is 960. The van der Waals surface area contributed by atoms with Crippen LogP contribution in [0.4, 0.5) is 4.79 Å². The number of alkyl carbamates (subject to hydrolysis) is 1. The van der Waals surface area contributed by atoms with E-state index in [1.807, 2.05) is 31.2 Å². The molecule has 0 radical (unpaired) electrons. The van der Waals surface area contributed by atoms with Gasteiger partial charge in [-0.25, -0.2) is 4.79 Å². The van der Waals surface area contributed by atoms with Crippen LogP contribution in [-0.4, -0.2) is 37.0 Å². The Morgan fingerprint density at radius 2 is 1.53 bits per heavy atom. The van der Waals surface area contributed by atoms with Crippen LogP contribution in [0.5, 0.6) is 0 Å². The summed E-state index contributed by atoms with van der Waals surface area (Å²) in [6, 6.07) is 15.5. The zero-order valence-corrected chi connectivity index (χ0v) is 20.5. The lowest BCUT2D eigenvalue weighted by molar-refractivity contribution is -0.124. The van der Waals surface area contributed by atoms with E-state index in [2.05, 4.69) is 48.7 Å². The summed E-state index contributed by atoms with van der Waals surface area (Å²) in [5.41, 5.74) is 4.62. The van der Waals surface area contributed by atoms with E-state index in [0.29, 0.717) is 12.8 Å². The maximum atomic E-state index is 12.8. The Morgan fingerprint density at radius 1 is 0.941 bits per heavy atom. The Morgan fingerprint density at radius 3 is 2.09 bits per heavy atom. The van der Waals surface area contributed by atoms with Gasteiger partial charge in [-0.3, -0.25) is 4.79 Å². The van der Waals surface area contributed by atoms with Crippen molar-refractivity contribution < 1.29 is 19.1 Å². The SMILES string of the molecule is CC[C@H](C)[C@@H](NC(=O)[C@@H](C)NC(=O)OCC1c2ccccc2-c2ccccc21)[C@@H](C)CCC=O. The first-order valence-corrected chi connectivity index (χ1v) is 12.2. The Kier molecular flexibility index (Phi) is 8.85. The van der Waals surface area contributed by atoms with E-state index in [-0.39, 0.29) is 36.3 Å². The molecule has 182 valence electrons. The van der Waals surface area contributed by atoms with Gasteiger partial charge in [0, 0.05) is 18.4 Å². The third-order valence-corrected chi connectivity index (χ3v) is 6.99. The summed E-state index contributed by atoms with van der Waals surface area (Å²) in [4.78, 5) is 36.1. The van der Waals surface area contributed by atoms with Gasteiger partial charge in [0.1, 0.15) is 18.9 Å². The van der Waals surface area contributed by atoms with Gasteiger partial charge in [-0.1, -0.05) is 75.7 Å². The van der Waals surface area contributed by atoms with Crippen molar-refractivity contribution in [3.63, 3.8) is 0 Å². The molecule has 1 aliphatic carbocycles. The number of aldehydes is 1.